The molecule has 42 heavy (non-hydrogen) atoms. The zero-order valence-electron chi connectivity index (χ0n) is 22.5. The van der Waals surface area contributed by atoms with Crippen molar-refractivity contribution in [2.75, 3.05) is 0 Å². The number of nitrogens with zero attached hydrogens (tertiary/aromatic N) is 4. The fourth-order valence-electron chi connectivity index (χ4n) is 6.44. The van der Waals surface area contributed by atoms with Crippen LogP contribution in [0.1, 0.15) is 11.1 Å². The SMILES string of the molecule is N#Cc1ccc(C#N)c(-c2c(-n3c4ccccc4c4ccccc43)ccc3c4ccccc4n(-c4ccccc4)c23)c1. The maximum absolute atomic E-state index is 10.4. The van der Waals surface area contributed by atoms with Crippen LogP contribution in [-0.4, -0.2) is 9.13 Å². The van der Waals surface area contributed by atoms with Gasteiger partial charge in [-0.25, -0.2) is 0 Å². The van der Waals surface area contributed by atoms with Gasteiger partial charge in [0.2, 0.25) is 0 Å². The molecule has 0 radical (unpaired) electrons. The highest BCUT2D eigenvalue weighted by molar-refractivity contribution is 6.17. The van der Waals surface area contributed by atoms with E-state index in [1.54, 1.807) is 12.1 Å². The summed E-state index contributed by atoms with van der Waals surface area (Å²) in [5.74, 6) is 0. The standard InChI is InChI=1S/C38H22N4/c39-23-25-18-19-26(24-40)32(22-25)37-36(42-34-16-8-4-12-28(34)29-13-5-9-17-35(29)42)21-20-31-30-14-6-7-15-33(30)41(38(31)37)27-10-2-1-3-11-27/h1-22H. The Balaban J connectivity index is 1.66. The molecule has 8 rings (SSSR count). The number of hydrogen-bond acceptors (Lipinski definition) is 2. The van der Waals surface area contributed by atoms with E-state index in [4.69, 9.17) is 0 Å². The minimum Gasteiger partial charge on any atom is -0.309 e. The third kappa shape index (κ3) is 3.33. The molecule has 4 nitrogen and oxygen atoms in total. The van der Waals surface area contributed by atoms with Crippen molar-refractivity contribution in [1.29, 1.82) is 10.5 Å². The molecule has 0 aliphatic rings. The van der Waals surface area contributed by atoms with E-state index in [0.717, 1.165) is 66.1 Å². The Hall–Kier alpha value is -6.10. The Bertz CT molecular complexity index is 2380. The Morgan fingerprint density at radius 1 is 0.476 bits per heavy atom. The third-order valence-corrected chi connectivity index (χ3v) is 8.19. The molecule has 0 aliphatic heterocycles. The largest absolute Gasteiger partial charge is 0.309 e. The van der Waals surface area contributed by atoms with Crippen LogP contribution in [0.25, 0.3) is 66.1 Å². The smallest absolute Gasteiger partial charge is 0.0998 e. The number of rotatable bonds is 3. The lowest BCUT2D eigenvalue weighted by atomic mass is 9.94. The molecule has 0 spiro atoms. The summed E-state index contributed by atoms with van der Waals surface area (Å²) < 4.78 is 4.59. The Morgan fingerprint density at radius 2 is 1.05 bits per heavy atom. The Morgan fingerprint density at radius 3 is 1.67 bits per heavy atom. The number of benzene rings is 6. The van der Waals surface area contributed by atoms with E-state index in [1.165, 1.54) is 0 Å². The minimum atomic E-state index is 0.511. The summed E-state index contributed by atoms with van der Waals surface area (Å²) in [6, 6.07) is 50.0. The predicted molar refractivity (Wildman–Crippen MR) is 170 cm³/mol. The summed E-state index contributed by atoms with van der Waals surface area (Å²) >= 11 is 0. The average molecular weight is 535 g/mol. The molecule has 2 heterocycles. The summed E-state index contributed by atoms with van der Waals surface area (Å²) in [4.78, 5) is 0. The van der Waals surface area contributed by atoms with Crippen LogP contribution in [-0.2, 0) is 0 Å². The predicted octanol–water partition coefficient (Wildman–Crippen LogP) is 9.29. The van der Waals surface area contributed by atoms with Gasteiger partial charge >= 0.3 is 0 Å². The van der Waals surface area contributed by atoms with Crippen molar-refractivity contribution in [2.24, 2.45) is 0 Å². The zero-order chi connectivity index (χ0) is 28.2. The van der Waals surface area contributed by atoms with E-state index in [0.29, 0.717) is 11.1 Å². The number of para-hydroxylation sites is 4. The quantitative estimate of drug-likeness (QED) is 0.227. The van der Waals surface area contributed by atoms with E-state index in [2.05, 4.69) is 118 Å². The molecule has 2 aromatic heterocycles. The molecule has 0 amide bonds. The van der Waals surface area contributed by atoms with Crippen LogP contribution >= 0.6 is 0 Å². The minimum absolute atomic E-state index is 0.511. The molecule has 4 heteroatoms. The summed E-state index contributed by atoms with van der Waals surface area (Å²) in [6.45, 7) is 0. The summed E-state index contributed by atoms with van der Waals surface area (Å²) in [5, 5.41) is 24.8. The highest BCUT2D eigenvalue weighted by atomic mass is 15.0. The second-order valence-corrected chi connectivity index (χ2v) is 10.4. The van der Waals surface area contributed by atoms with Crippen molar-refractivity contribution in [3.05, 3.63) is 145 Å². The number of nitriles is 2. The van der Waals surface area contributed by atoms with Crippen LogP contribution in [0.4, 0.5) is 0 Å². The van der Waals surface area contributed by atoms with Crippen LogP contribution in [0, 0.1) is 22.7 Å². The third-order valence-electron chi connectivity index (χ3n) is 8.19. The highest BCUT2D eigenvalue weighted by Crippen LogP contribution is 2.44. The molecule has 0 unspecified atom stereocenters. The Kier molecular flexibility index (Phi) is 5.22. The van der Waals surface area contributed by atoms with Crippen LogP contribution < -0.4 is 0 Å². The van der Waals surface area contributed by atoms with Gasteiger partial charge in [0.05, 0.1) is 51.0 Å². The van der Waals surface area contributed by atoms with Gasteiger partial charge in [0.1, 0.15) is 0 Å². The zero-order valence-corrected chi connectivity index (χ0v) is 22.5. The van der Waals surface area contributed by atoms with E-state index in [-0.39, 0.29) is 0 Å². The van der Waals surface area contributed by atoms with Crippen molar-refractivity contribution in [3.8, 4) is 34.6 Å². The first-order valence-corrected chi connectivity index (χ1v) is 13.8. The molecule has 0 atom stereocenters. The summed E-state index contributed by atoms with van der Waals surface area (Å²) in [7, 11) is 0. The van der Waals surface area contributed by atoms with Crippen molar-refractivity contribution < 1.29 is 0 Å². The van der Waals surface area contributed by atoms with Gasteiger partial charge in [-0.3, -0.25) is 0 Å². The molecular weight excluding hydrogens is 512 g/mol. The molecule has 0 saturated heterocycles. The van der Waals surface area contributed by atoms with Crippen molar-refractivity contribution in [3.63, 3.8) is 0 Å². The lowest BCUT2D eigenvalue weighted by Gasteiger charge is -2.19. The second kappa shape index (κ2) is 9.24. The normalized spacial score (nSPS) is 11.3. The van der Waals surface area contributed by atoms with Crippen molar-refractivity contribution >= 4 is 43.6 Å². The van der Waals surface area contributed by atoms with Gasteiger partial charge in [-0.05, 0) is 54.6 Å². The topological polar surface area (TPSA) is 57.4 Å². The lowest BCUT2D eigenvalue weighted by molar-refractivity contribution is 1.16. The fraction of sp³-hybridized carbons (Fsp3) is 0. The molecule has 0 saturated carbocycles. The van der Waals surface area contributed by atoms with Crippen LogP contribution in [0.2, 0.25) is 0 Å². The molecule has 194 valence electrons. The number of hydrogen-bond donors (Lipinski definition) is 0. The molecule has 0 N–H and O–H groups in total. The average Bonchev–Trinajstić information content (AvgIpc) is 3.57. The molecule has 6 aromatic carbocycles. The number of fused-ring (bicyclic) bond motifs is 6. The van der Waals surface area contributed by atoms with Crippen molar-refractivity contribution in [1.82, 2.24) is 9.13 Å². The lowest BCUT2D eigenvalue weighted by Crippen LogP contribution is -2.02. The first kappa shape index (κ1) is 23.8. The Labute approximate surface area is 242 Å². The van der Waals surface area contributed by atoms with E-state index >= 15 is 0 Å². The maximum atomic E-state index is 10.4. The van der Waals surface area contributed by atoms with Crippen molar-refractivity contribution in [2.45, 2.75) is 0 Å². The van der Waals surface area contributed by atoms with Gasteiger partial charge in [-0.1, -0.05) is 78.9 Å². The first-order valence-electron chi connectivity index (χ1n) is 13.8. The summed E-state index contributed by atoms with van der Waals surface area (Å²) in [5.41, 5.74) is 8.89. The van der Waals surface area contributed by atoms with Gasteiger partial charge < -0.3 is 9.13 Å². The van der Waals surface area contributed by atoms with Gasteiger partial charge in [0.25, 0.3) is 0 Å². The number of aromatic nitrogens is 2. The molecule has 0 fully saturated rings. The monoisotopic (exact) mass is 534 g/mol. The second-order valence-electron chi connectivity index (χ2n) is 10.4. The first-order chi connectivity index (χ1) is 20.8. The molecule has 8 aromatic rings. The van der Waals surface area contributed by atoms with Crippen LogP contribution in [0.5, 0.6) is 0 Å². The molecule has 0 bridgehead atoms. The maximum Gasteiger partial charge on any atom is 0.0998 e. The fourth-order valence-corrected chi connectivity index (χ4v) is 6.44. The van der Waals surface area contributed by atoms with E-state index in [1.807, 2.05) is 24.3 Å². The van der Waals surface area contributed by atoms with Gasteiger partial charge in [-0.15, -0.1) is 0 Å². The van der Waals surface area contributed by atoms with Crippen LogP contribution in [0.15, 0.2) is 133 Å². The van der Waals surface area contributed by atoms with Gasteiger partial charge in [0.15, 0.2) is 0 Å². The van der Waals surface area contributed by atoms with Crippen LogP contribution in [0.3, 0.4) is 0 Å². The van der Waals surface area contributed by atoms with Gasteiger partial charge in [0, 0.05) is 38.4 Å². The van der Waals surface area contributed by atoms with E-state index in [9.17, 15) is 10.5 Å². The van der Waals surface area contributed by atoms with E-state index < -0.39 is 0 Å². The highest BCUT2D eigenvalue weighted by Gasteiger charge is 2.24. The molecular formula is C38H22N4. The summed E-state index contributed by atoms with van der Waals surface area (Å²) in [6.07, 6.45) is 0. The molecule has 0 aliphatic carbocycles. The van der Waals surface area contributed by atoms with Gasteiger partial charge in [-0.2, -0.15) is 10.5 Å².